The van der Waals surface area contributed by atoms with Crippen molar-refractivity contribution in [2.75, 3.05) is 20.3 Å². The lowest BCUT2D eigenvalue weighted by Gasteiger charge is -2.22. The fourth-order valence-corrected chi connectivity index (χ4v) is 3.60. The lowest BCUT2D eigenvalue weighted by atomic mass is 9.98. The third-order valence-corrected chi connectivity index (χ3v) is 4.75. The summed E-state index contributed by atoms with van der Waals surface area (Å²) < 4.78 is 13.3. The molecular weight excluding hydrogens is 286 g/mol. The van der Waals surface area contributed by atoms with Crippen molar-refractivity contribution in [1.82, 2.24) is 14.7 Å². The minimum atomic E-state index is 0.480. The van der Waals surface area contributed by atoms with Gasteiger partial charge >= 0.3 is 0 Å². The summed E-state index contributed by atoms with van der Waals surface area (Å²) in [4.78, 5) is 5.43. The smallest absolute Gasteiger partial charge is 0.237 e. The topological polar surface area (TPSA) is 47.8 Å². The lowest BCUT2D eigenvalue weighted by Crippen LogP contribution is -2.24. The van der Waals surface area contributed by atoms with E-state index in [-0.39, 0.29) is 0 Å². The average Bonchev–Trinajstić information content (AvgIpc) is 3.09. The molecule has 116 valence electrons. The van der Waals surface area contributed by atoms with Gasteiger partial charge in [-0.05, 0) is 12.8 Å². The van der Waals surface area contributed by atoms with Gasteiger partial charge in [-0.1, -0.05) is 19.3 Å². The summed E-state index contributed by atoms with van der Waals surface area (Å²) in [5.41, 5.74) is 1.08. The Morgan fingerprint density at radius 1 is 1.38 bits per heavy atom. The van der Waals surface area contributed by atoms with E-state index in [0.29, 0.717) is 12.0 Å². The van der Waals surface area contributed by atoms with E-state index in [4.69, 9.17) is 9.47 Å². The summed E-state index contributed by atoms with van der Waals surface area (Å²) in [6.45, 7) is 2.38. The molecule has 5 nitrogen and oxygen atoms in total. The minimum absolute atomic E-state index is 0.480. The molecule has 1 N–H and O–H groups in total. The first-order valence-electron chi connectivity index (χ1n) is 7.69. The van der Waals surface area contributed by atoms with Crippen LogP contribution in [0.25, 0.3) is 4.96 Å². The molecule has 21 heavy (non-hydrogen) atoms. The van der Waals surface area contributed by atoms with Crippen LogP contribution >= 0.6 is 11.3 Å². The van der Waals surface area contributed by atoms with Crippen LogP contribution in [0.1, 0.15) is 37.8 Å². The van der Waals surface area contributed by atoms with Crippen molar-refractivity contribution < 1.29 is 9.47 Å². The van der Waals surface area contributed by atoms with Gasteiger partial charge in [0.15, 0.2) is 4.96 Å². The van der Waals surface area contributed by atoms with Crippen molar-refractivity contribution in [2.45, 2.75) is 44.8 Å². The molecular formula is C15H23N3O2S. The molecule has 0 spiro atoms. The van der Waals surface area contributed by atoms with Crippen molar-refractivity contribution >= 4 is 16.3 Å². The van der Waals surface area contributed by atoms with Gasteiger partial charge in [0.25, 0.3) is 0 Å². The maximum absolute atomic E-state index is 5.92. The molecule has 1 aliphatic rings. The minimum Gasteiger partial charge on any atom is -0.480 e. The Labute approximate surface area is 129 Å². The molecule has 2 aromatic heterocycles. The van der Waals surface area contributed by atoms with Gasteiger partial charge in [-0.2, -0.15) is 4.98 Å². The second-order valence-corrected chi connectivity index (χ2v) is 6.30. The second-order valence-electron chi connectivity index (χ2n) is 5.43. The van der Waals surface area contributed by atoms with Gasteiger partial charge in [0.1, 0.15) is 5.69 Å². The van der Waals surface area contributed by atoms with Gasteiger partial charge in [-0.25, -0.2) is 0 Å². The van der Waals surface area contributed by atoms with Crippen molar-refractivity contribution in [3.05, 3.63) is 17.3 Å². The number of ether oxygens (including phenoxy) is 2. The van der Waals surface area contributed by atoms with Gasteiger partial charge in [-0.3, -0.25) is 4.40 Å². The van der Waals surface area contributed by atoms with Crippen LogP contribution in [-0.4, -0.2) is 35.8 Å². The third kappa shape index (κ3) is 3.56. The first-order chi connectivity index (χ1) is 10.4. The van der Waals surface area contributed by atoms with E-state index in [1.165, 1.54) is 32.1 Å². The Morgan fingerprint density at radius 2 is 2.24 bits per heavy atom. The summed E-state index contributed by atoms with van der Waals surface area (Å²) in [5.74, 6) is 0.711. The van der Waals surface area contributed by atoms with Crippen LogP contribution < -0.4 is 10.1 Å². The summed E-state index contributed by atoms with van der Waals surface area (Å²) in [6.07, 6.45) is 8.98. The third-order valence-electron chi connectivity index (χ3n) is 3.99. The van der Waals surface area contributed by atoms with Gasteiger partial charge < -0.3 is 14.8 Å². The van der Waals surface area contributed by atoms with Crippen LogP contribution in [0.4, 0.5) is 0 Å². The highest BCUT2D eigenvalue weighted by Gasteiger charge is 2.14. The fourth-order valence-electron chi connectivity index (χ4n) is 2.87. The number of nitrogens with one attached hydrogen (secondary N) is 1. The Hall–Kier alpha value is -1.11. The molecule has 6 heteroatoms. The Balaban J connectivity index is 1.44. The Kier molecular flexibility index (Phi) is 5.11. The number of hydrogen-bond acceptors (Lipinski definition) is 5. The molecule has 0 radical (unpaired) electrons. The number of hydrogen-bond donors (Lipinski definition) is 1. The van der Waals surface area contributed by atoms with E-state index in [1.54, 1.807) is 18.4 Å². The quantitative estimate of drug-likeness (QED) is 0.799. The molecule has 0 atom stereocenters. The van der Waals surface area contributed by atoms with Gasteiger partial charge in [0.05, 0.1) is 19.8 Å². The average molecular weight is 309 g/mol. The number of imidazole rings is 1. The number of nitrogens with zero attached hydrogens (tertiary/aromatic N) is 2. The highest BCUT2D eigenvalue weighted by Crippen LogP contribution is 2.23. The molecule has 1 fully saturated rings. The van der Waals surface area contributed by atoms with E-state index >= 15 is 0 Å². The highest BCUT2D eigenvalue weighted by molar-refractivity contribution is 7.15. The Bertz CT molecular complexity index is 560. The largest absolute Gasteiger partial charge is 0.480 e. The normalized spacial score (nSPS) is 16.6. The van der Waals surface area contributed by atoms with E-state index < -0.39 is 0 Å². The number of aromatic nitrogens is 2. The molecule has 0 aliphatic heterocycles. The van der Waals surface area contributed by atoms with Gasteiger partial charge in [0, 0.05) is 24.7 Å². The number of methoxy groups -OCH3 is 1. The molecule has 3 rings (SSSR count). The molecule has 0 amide bonds. The number of fused-ring (bicyclic) bond motifs is 1. The van der Waals surface area contributed by atoms with Crippen LogP contribution in [0.15, 0.2) is 11.6 Å². The van der Waals surface area contributed by atoms with E-state index in [9.17, 15) is 0 Å². The summed E-state index contributed by atoms with van der Waals surface area (Å²) >= 11 is 1.62. The lowest BCUT2D eigenvalue weighted by molar-refractivity contribution is 0.0302. The molecule has 2 aromatic rings. The predicted octanol–water partition coefficient (Wildman–Crippen LogP) is 2.84. The Morgan fingerprint density at radius 3 is 3.05 bits per heavy atom. The maximum atomic E-state index is 5.92. The molecule has 2 heterocycles. The van der Waals surface area contributed by atoms with Gasteiger partial charge in [0.2, 0.25) is 5.88 Å². The molecule has 0 saturated heterocycles. The zero-order valence-corrected chi connectivity index (χ0v) is 13.3. The number of thiazole rings is 1. The van der Waals surface area contributed by atoms with Crippen molar-refractivity contribution in [3.8, 4) is 5.88 Å². The molecule has 0 bridgehead atoms. The zero-order chi connectivity index (χ0) is 14.5. The second kappa shape index (κ2) is 7.24. The highest BCUT2D eigenvalue weighted by atomic mass is 32.1. The summed E-state index contributed by atoms with van der Waals surface area (Å²) in [5, 5.41) is 5.46. The van der Waals surface area contributed by atoms with Gasteiger partial charge in [-0.15, -0.1) is 11.3 Å². The van der Waals surface area contributed by atoms with Crippen LogP contribution in [0.2, 0.25) is 0 Å². The van der Waals surface area contributed by atoms with Crippen molar-refractivity contribution in [3.63, 3.8) is 0 Å². The molecule has 1 aliphatic carbocycles. The van der Waals surface area contributed by atoms with E-state index in [1.807, 2.05) is 11.6 Å². The van der Waals surface area contributed by atoms with Crippen molar-refractivity contribution in [2.24, 2.45) is 0 Å². The zero-order valence-electron chi connectivity index (χ0n) is 12.5. The first kappa shape index (κ1) is 14.8. The SMILES string of the molecule is COc1nc2sccn2c1CNCCOC1CCCCC1. The summed E-state index contributed by atoms with van der Waals surface area (Å²) in [6, 6.07) is 0. The van der Waals surface area contributed by atoms with Crippen LogP contribution in [0.5, 0.6) is 5.88 Å². The first-order valence-corrected chi connectivity index (χ1v) is 8.57. The monoisotopic (exact) mass is 309 g/mol. The van der Waals surface area contributed by atoms with Crippen LogP contribution in [-0.2, 0) is 11.3 Å². The molecule has 0 aromatic carbocycles. The predicted molar refractivity (Wildman–Crippen MR) is 84.2 cm³/mol. The molecule has 1 saturated carbocycles. The van der Waals surface area contributed by atoms with E-state index in [0.717, 1.165) is 30.4 Å². The maximum Gasteiger partial charge on any atom is 0.237 e. The van der Waals surface area contributed by atoms with Crippen LogP contribution in [0, 0.1) is 0 Å². The number of rotatable bonds is 7. The molecule has 0 unspecified atom stereocenters. The van der Waals surface area contributed by atoms with E-state index in [2.05, 4.69) is 14.7 Å². The van der Waals surface area contributed by atoms with Crippen LogP contribution in [0.3, 0.4) is 0 Å². The fraction of sp³-hybridized carbons (Fsp3) is 0.667. The standard InChI is InChI=1S/C15H23N3O2S/c1-19-14-13(18-8-10-21-15(18)17-14)11-16-7-9-20-12-5-3-2-4-6-12/h8,10,12,16H,2-7,9,11H2,1H3. The summed E-state index contributed by atoms with van der Waals surface area (Å²) in [7, 11) is 1.67. The van der Waals surface area contributed by atoms with Crippen molar-refractivity contribution in [1.29, 1.82) is 0 Å².